The van der Waals surface area contributed by atoms with Crippen molar-refractivity contribution in [2.24, 2.45) is 0 Å². The van der Waals surface area contributed by atoms with Gasteiger partial charge in [-0.1, -0.05) is 66.6 Å². The maximum atomic E-state index is 14.0. The highest BCUT2D eigenvalue weighted by molar-refractivity contribution is 6.04. The molecule has 8 heteroatoms. The van der Waals surface area contributed by atoms with Crippen molar-refractivity contribution in [2.45, 2.75) is 39.5 Å². The van der Waals surface area contributed by atoms with Gasteiger partial charge in [0.05, 0.1) is 6.54 Å². The molecule has 2 atom stereocenters. The van der Waals surface area contributed by atoms with E-state index in [0.717, 1.165) is 36.3 Å². The third kappa shape index (κ3) is 6.02. The number of hydrogen-bond donors (Lipinski definition) is 1. The predicted molar refractivity (Wildman–Crippen MR) is 154 cm³/mol. The quantitative estimate of drug-likeness (QED) is 0.466. The Hall–Kier alpha value is -4.17. The van der Waals surface area contributed by atoms with E-state index in [9.17, 15) is 14.4 Å². The number of nitrogens with one attached hydrogen (secondary N) is 1. The molecule has 8 nitrogen and oxygen atoms in total. The molecule has 3 amide bonds. The Kier molecular flexibility index (Phi) is 8.16. The van der Waals surface area contributed by atoms with E-state index in [-0.39, 0.29) is 18.4 Å². The maximum Gasteiger partial charge on any atom is 0.411 e. The fraction of sp³-hybridized carbons (Fsp3) is 0.344. The number of carbonyl (C=O) groups is 3. The molecular weight excluding hydrogens is 504 g/mol. The Bertz CT molecular complexity index is 1360. The minimum absolute atomic E-state index is 0.101. The van der Waals surface area contributed by atoms with Crippen LogP contribution in [0.4, 0.5) is 10.5 Å². The number of rotatable bonds is 7. The standard InChI is InChI=1S/C32H36N4O4/c1-4-34-16-18-35(19-17-34)31(38)28-29(40-32(39)36(28)21-24-7-5-6-23(3)20-24)25-12-14-27(15-13-25)33-30(37)26-10-8-22(2)9-11-26/h5-15,20,28-29H,4,16-19,21H2,1-3H3,(H,33,37). The van der Waals surface area contributed by atoms with Crippen molar-refractivity contribution in [1.82, 2.24) is 14.7 Å². The number of hydrogen-bond acceptors (Lipinski definition) is 5. The van der Waals surface area contributed by atoms with Crippen molar-refractivity contribution < 1.29 is 19.1 Å². The van der Waals surface area contributed by atoms with Gasteiger partial charge >= 0.3 is 6.09 Å². The number of nitrogens with zero attached hydrogens (tertiary/aromatic N) is 3. The number of carbonyl (C=O) groups excluding carboxylic acids is 3. The molecular formula is C32H36N4O4. The molecule has 0 bridgehead atoms. The van der Waals surface area contributed by atoms with Crippen LogP contribution in [0.2, 0.25) is 0 Å². The fourth-order valence-corrected chi connectivity index (χ4v) is 5.34. The van der Waals surface area contributed by atoms with Gasteiger partial charge in [0, 0.05) is 37.4 Å². The molecule has 2 heterocycles. The molecule has 5 rings (SSSR count). The van der Waals surface area contributed by atoms with Crippen LogP contribution in [0.5, 0.6) is 0 Å². The number of ether oxygens (including phenoxy) is 1. The lowest BCUT2D eigenvalue weighted by atomic mass is 9.99. The molecule has 2 unspecified atom stereocenters. The van der Waals surface area contributed by atoms with E-state index in [1.54, 1.807) is 29.2 Å². The molecule has 2 saturated heterocycles. The van der Waals surface area contributed by atoms with Crippen molar-refractivity contribution in [2.75, 3.05) is 38.0 Å². The normalized spacial score (nSPS) is 19.4. The number of aryl methyl sites for hydroxylation is 2. The summed E-state index contributed by atoms with van der Waals surface area (Å²) in [5, 5.41) is 2.91. The van der Waals surface area contributed by atoms with Gasteiger partial charge < -0.3 is 19.9 Å². The van der Waals surface area contributed by atoms with Crippen molar-refractivity contribution in [3.8, 4) is 0 Å². The first kappa shape index (κ1) is 27.4. The van der Waals surface area contributed by atoms with Crippen molar-refractivity contribution in [1.29, 1.82) is 0 Å². The zero-order valence-electron chi connectivity index (χ0n) is 23.3. The van der Waals surface area contributed by atoms with Gasteiger partial charge in [-0.25, -0.2) is 4.79 Å². The molecule has 0 aromatic heterocycles. The van der Waals surface area contributed by atoms with E-state index >= 15 is 0 Å². The van der Waals surface area contributed by atoms with Gasteiger partial charge in [0.1, 0.15) is 0 Å². The summed E-state index contributed by atoms with van der Waals surface area (Å²) < 4.78 is 5.87. The number of likely N-dealkylation sites (N-methyl/N-ethyl adjacent to an activating group) is 1. The van der Waals surface area contributed by atoms with E-state index in [4.69, 9.17) is 4.74 Å². The van der Waals surface area contributed by atoms with Gasteiger partial charge in [0.25, 0.3) is 5.91 Å². The molecule has 0 aliphatic carbocycles. The lowest BCUT2D eigenvalue weighted by Gasteiger charge is -2.37. The highest BCUT2D eigenvalue weighted by Gasteiger charge is 2.48. The van der Waals surface area contributed by atoms with Gasteiger partial charge in [-0.05, 0) is 55.8 Å². The van der Waals surface area contributed by atoms with Crippen LogP contribution in [0.3, 0.4) is 0 Å². The van der Waals surface area contributed by atoms with Crippen molar-refractivity contribution >= 4 is 23.6 Å². The second-order valence-electron chi connectivity index (χ2n) is 10.6. The Labute approximate surface area is 235 Å². The third-order valence-electron chi connectivity index (χ3n) is 7.72. The van der Waals surface area contributed by atoms with Crippen LogP contribution in [0.1, 0.15) is 45.6 Å². The van der Waals surface area contributed by atoms with Gasteiger partial charge in [-0.15, -0.1) is 0 Å². The number of piperazine rings is 1. The van der Waals surface area contributed by atoms with Crippen LogP contribution in [-0.4, -0.2) is 71.4 Å². The van der Waals surface area contributed by atoms with Crippen molar-refractivity contribution in [3.63, 3.8) is 0 Å². The van der Waals surface area contributed by atoms with Crippen LogP contribution in [-0.2, 0) is 16.1 Å². The zero-order valence-corrected chi connectivity index (χ0v) is 23.3. The number of anilines is 1. The summed E-state index contributed by atoms with van der Waals surface area (Å²) in [6, 6.07) is 21.7. The zero-order chi connectivity index (χ0) is 28.2. The Balaban J connectivity index is 1.37. The molecule has 0 saturated carbocycles. The molecule has 1 N–H and O–H groups in total. The lowest BCUT2D eigenvalue weighted by molar-refractivity contribution is -0.138. The van der Waals surface area contributed by atoms with Gasteiger partial charge in [-0.3, -0.25) is 14.5 Å². The van der Waals surface area contributed by atoms with Gasteiger partial charge in [-0.2, -0.15) is 0 Å². The summed E-state index contributed by atoms with van der Waals surface area (Å²) in [5.41, 5.74) is 5.01. The molecule has 2 aliphatic heterocycles. The van der Waals surface area contributed by atoms with Crippen LogP contribution in [0, 0.1) is 13.8 Å². The maximum absolute atomic E-state index is 14.0. The number of benzene rings is 3. The molecule has 208 valence electrons. The van der Waals surface area contributed by atoms with Crippen molar-refractivity contribution in [3.05, 3.63) is 101 Å². The highest BCUT2D eigenvalue weighted by Crippen LogP contribution is 2.35. The monoisotopic (exact) mass is 540 g/mol. The topological polar surface area (TPSA) is 82.2 Å². The first-order chi connectivity index (χ1) is 19.3. The molecule has 2 fully saturated rings. The lowest BCUT2D eigenvalue weighted by Crippen LogP contribution is -2.54. The minimum Gasteiger partial charge on any atom is -0.438 e. The molecule has 40 heavy (non-hydrogen) atoms. The van der Waals surface area contributed by atoms with Crippen LogP contribution < -0.4 is 5.32 Å². The molecule has 3 aromatic rings. The summed E-state index contributed by atoms with van der Waals surface area (Å²) >= 11 is 0. The van der Waals surface area contributed by atoms with E-state index in [2.05, 4.69) is 17.1 Å². The summed E-state index contributed by atoms with van der Waals surface area (Å²) in [6.07, 6.45) is -1.26. The number of amides is 3. The van der Waals surface area contributed by atoms with E-state index in [1.807, 2.05) is 67.3 Å². The number of cyclic esters (lactones) is 1. The molecule has 0 radical (unpaired) electrons. The molecule has 2 aliphatic rings. The first-order valence-corrected chi connectivity index (χ1v) is 13.8. The van der Waals surface area contributed by atoms with Gasteiger partial charge in [0.15, 0.2) is 12.1 Å². The Morgan fingerprint density at radius 2 is 1.60 bits per heavy atom. The van der Waals surface area contributed by atoms with Crippen LogP contribution >= 0.6 is 0 Å². The summed E-state index contributed by atoms with van der Waals surface area (Å²) in [7, 11) is 0. The smallest absolute Gasteiger partial charge is 0.411 e. The summed E-state index contributed by atoms with van der Waals surface area (Å²) in [6.45, 7) is 10.2. The molecule has 3 aromatic carbocycles. The predicted octanol–water partition coefficient (Wildman–Crippen LogP) is 4.78. The molecule has 0 spiro atoms. The summed E-state index contributed by atoms with van der Waals surface area (Å²) in [5.74, 6) is -0.306. The van der Waals surface area contributed by atoms with Crippen LogP contribution in [0.15, 0.2) is 72.8 Å². The third-order valence-corrected chi connectivity index (χ3v) is 7.72. The average molecular weight is 541 g/mol. The Morgan fingerprint density at radius 3 is 2.25 bits per heavy atom. The van der Waals surface area contributed by atoms with E-state index in [1.165, 1.54) is 0 Å². The highest BCUT2D eigenvalue weighted by atomic mass is 16.6. The second-order valence-corrected chi connectivity index (χ2v) is 10.6. The largest absolute Gasteiger partial charge is 0.438 e. The SMILES string of the molecule is CCN1CCN(C(=O)C2C(c3ccc(NC(=O)c4ccc(C)cc4)cc3)OC(=O)N2Cc2cccc(C)c2)CC1. The minimum atomic E-state index is -0.783. The van der Waals surface area contributed by atoms with E-state index < -0.39 is 18.2 Å². The summed E-state index contributed by atoms with van der Waals surface area (Å²) in [4.78, 5) is 45.6. The fourth-order valence-electron chi connectivity index (χ4n) is 5.34. The first-order valence-electron chi connectivity index (χ1n) is 13.8. The Morgan fingerprint density at radius 1 is 0.900 bits per heavy atom. The average Bonchev–Trinajstić information content (AvgIpc) is 3.28. The van der Waals surface area contributed by atoms with E-state index in [0.29, 0.717) is 29.9 Å². The van der Waals surface area contributed by atoms with Gasteiger partial charge in [0.2, 0.25) is 5.91 Å². The van der Waals surface area contributed by atoms with Crippen LogP contribution in [0.25, 0.3) is 0 Å². The second kappa shape index (κ2) is 11.9.